The number of hydrogen-bond acceptors (Lipinski definition) is 0. The van der Waals surface area contributed by atoms with Crippen molar-refractivity contribution in [2.75, 3.05) is 0 Å². The minimum absolute atomic E-state index is 0. The molecule has 0 aliphatic heterocycles. The van der Waals surface area contributed by atoms with Crippen molar-refractivity contribution in [1.82, 2.24) is 0 Å². The molecule has 0 N–H and O–H groups in total. The summed E-state index contributed by atoms with van der Waals surface area (Å²) in [5.74, 6) is 0. The van der Waals surface area contributed by atoms with Gasteiger partial charge < -0.3 is 0 Å². The SMILES string of the molecule is [Ag].[Cu].[GaH3].[SeH2]. The molecule has 0 saturated heterocycles. The zero-order chi connectivity index (χ0) is 0. The quantitative estimate of drug-likeness (QED) is 0.448. The van der Waals surface area contributed by atoms with Gasteiger partial charge in [0.15, 0.2) is 0 Å². The van der Waals surface area contributed by atoms with Gasteiger partial charge in [0.05, 0.1) is 0 Å². The van der Waals surface area contributed by atoms with E-state index in [1.165, 1.54) is 0 Å². The van der Waals surface area contributed by atoms with E-state index in [-0.39, 0.29) is 76.3 Å². The molecule has 0 heterocycles. The fraction of sp³-hybridized carbons (Fsp3) is 0. The first-order valence-corrected chi connectivity index (χ1v) is 0. The van der Waals surface area contributed by atoms with Crippen molar-refractivity contribution in [2.45, 2.75) is 0 Å². The molecule has 0 nitrogen and oxygen atoms in total. The molecular weight excluding hydrogens is 320 g/mol. The summed E-state index contributed by atoms with van der Waals surface area (Å²) in [5.41, 5.74) is 0. The summed E-state index contributed by atoms with van der Waals surface area (Å²) >= 11 is 0. The first kappa shape index (κ1) is 32.2. The monoisotopic (exact) mass is 324 g/mol. The maximum atomic E-state index is 0. The van der Waals surface area contributed by atoms with Crippen LogP contribution in [0.25, 0.3) is 0 Å². The van der Waals surface area contributed by atoms with Crippen molar-refractivity contribution < 1.29 is 39.4 Å². The molecule has 0 aromatic rings. The van der Waals surface area contributed by atoms with Gasteiger partial charge >= 0.3 is 36.9 Å². The third kappa shape index (κ3) is 8.83. The summed E-state index contributed by atoms with van der Waals surface area (Å²) in [6.45, 7) is 0. The molecule has 0 rings (SSSR count). The Bertz CT molecular complexity index is 8.00. The summed E-state index contributed by atoms with van der Waals surface area (Å²) in [6, 6.07) is 0. The van der Waals surface area contributed by atoms with Crippen LogP contribution in [0.15, 0.2) is 0 Å². The molecular formula is H5AgCuGaSe. The van der Waals surface area contributed by atoms with E-state index in [2.05, 4.69) is 0 Å². The molecule has 0 aromatic carbocycles. The van der Waals surface area contributed by atoms with Gasteiger partial charge in [-0.15, -0.1) is 0 Å². The van der Waals surface area contributed by atoms with Crippen LogP contribution >= 0.6 is 0 Å². The Hall–Kier alpha value is 2.42. The molecule has 0 amide bonds. The zero-order valence-electron chi connectivity index (χ0n) is 1.10. The van der Waals surface area contributed by atoms with Crippen molar-refractivity contribution in [3.8, 4) is 0 Å². The molecule has 36 valence electrons. The first-order chi connectivity index (χ1) is 0. The van der Waals surface area contributed by atoms with E-state index in [1.807, 2.05) is 0 Å². The van der Waals surface area contributed by atoms with Crippen LogP contribution in [0.5, 0.6) is 0 Å². The molecule has 4 heavy (non-hydrogen) atoms. The Morgan fingerprint density at radius 1 is 1.00 bits per heavy atom. The summed E-state index contributed by atoms with van der Waals surface area (Å²) in [7, 11) is 0. The van der Waals surface area contributed by atoms with E-state index in [4.69, 9.17) is 0 Å². The van der Waals surface area contributed by atoms with E-state index in [1.54, 1.807) is 0 Å². The zero-order valence-corrected chi connectivity index (χ0v) is 5.63. The van der Waals surface area contributed by atoms with Gasteiger partial charge in [-0.3, -0.25) is 0 Å². The van der Waals surface area contributed by atoms with Gasteiger partial charge in [0.1, 0.15) is 0 Å². The standard InChI is InChI=1S/Ag.Cu.Ga.H2Se.3H/h;;;1H2;;;. The van der Waals surface area contributed by atoms with E-state index in [0.717, 1.165) is 0 Å². The molecule has 0 aliphatic carbocycles. The molecule has 0 fully saturated rings. The summed E-state index contributed by atoms with van der Waals surface area (Å²) in [5, 5.41) is 0. The van der Waals surface area contributed by atoms with E-state index < -0.39 is 0 Å². The minimum atomic E-state index is 0. The summed E-state index contributed by atoms with van der Waals surface area (Å²) in [4.78, 5) is 0. The van der Waals surface area contributed by atoms with E-state index in [9.17, 15) is 0 Å². The third-order valence-electron chi connectivity index (χ3n) is 0. The van der Waals surface area contributed by atoms with Gasteiger partial charge in [0.25, 0.3) is 0 Å². The first-order valence-electron chi connectivity index (χ1n) is 0. The Labute approximate surface area is 75.4 Å². The van der Waals surface area contributed by atoms with Crippen LogP contribution in [-0.2, 0) is 39.4 Å². The average molecular weight is 325 g/mol. The van der Waals surface area contributed by atoms with Crippen molar-refractivity contribution >= 4 is 36.9 Å². The van der Waals surface area contributed by atoms with E-state index in [0.29, 0.717) is 0 Å². The van der Waals surface area contributed by atoms with Crippen molar-refractivity contribution in [3.05, 3.63) is 0 Å². The van der Waals surface area contributed by atoms with Gasteiger partial charge in [0.2, 0.25) is 0 Å². The van der Waals surface area contributed by atoms with E-state index >= 15 is 0 Å². The molecule has 2 radical (unpaired) electrons. The number of rotatable bonds is 0. The second-order valence-corrected chi connectivity index (χ2v) is 0. The molecule has 0 saturated carbocycles. The molecule has 0 atom stereocenters. The topological polar surface area (TPSA) is 0 Å². The van der Waals surface area contributed by atoms with Gasteiger partial charge in [-0.1, -0.05) is 0 Å². The maximum absolute atomic E-state index is 0. The Balaban J connectivity index is 0. The van der Waals surface area contributed by atoms with Crippen LogP contribution in [0.3, 0.4) is 0 Å². The molecule has 4 heteroatoms. The predicted octanol–water partition coefficient (Wildman–Crippen LogP) is -2.11. The summed E-state index contributed by atoms with van der Waals surface area (Å²) in [6.07, 6.45) is 0. The average Bonchev–Trinajstić information content (AvgIpc) is 0. The Kier molecular flexibility index (Phi) is 146. The van der Waals surface area contributed by atoms with Gasteiger partial charge in [-0.05, 0) is 0 Å². The van der Waals surface area contributed by atoms with Crippen molar-refractivity contribution in [1.29, 1.82) is 0 Å². The molecule has 0 unspecified atom stereocenters. The van der Waals surface area contributed by atoms with Crippen LogP contribution in [-0.4, -0.2) is 36.9 Å². The van der Waals surface area contributed by atoms with Crippen LogP contribution in [0.4, 0.5) is 0 Å². The Morgan fingerprint density at radius 3 is 1.00 bits per heavy atom. The second kappa shape index (κ2) is 18.1. The molecule has 0 spiro atoms. The second-order valence-electron chi connectivity index (χ2n) is 0. The van der Waals surface area contributed by atoms with Crippen molar-refractivity contribution in [2.24, 2.45) is 0 Å². The third-order valence-corrected chi connectivity index (χ3v) is 0. The predicted molar refractivity (Wildman–Crippen MR) is 18.5 cm³/mol. The molecule has 0 aromatic heterocycles. The van der Waals surface area contributed by atoms with Crippen molar-refractivity contribution in [3.63, 3.8) is 0 Å². The van der Waals surface area contributed by atoms with Gasteiger partial charge in [-0.25, -0.2) is 0 Å². The molecule has 0 bridgehead atoms. The summed E-state index contributed by atoms with van der Waals surface area (Å²) < 4.78 is 0. The van der Waals surface area contributed by atoms with Crippen LogP contribution < -0.4 is 0 Å². The Morgan fingerprint density at radius 2 is 1.00 bits per heavy atom. The normalized spacial score (nSPS) is 0. The van der Waals surface area contributed by atoms with Gasteiger partial charge in [0, 0.05) is 39.4 Å². The van der Waals surface area contributed by atoms with Crippen LogP contribution in [0, 0.1) is 0 Å². The van der Waals surface area contributed by atoms with Gasteiger partial charge in [-0.2, -0.15) is 0 Å². The number of hydrogen-bond donors (Lipinski definition) is 0. The van der Waals surface area contributed by atoms with Crippen LogP contribution in [0.2, 0.25) is 0 Å². The van der Waals surface area contributed by atoms with Crippen LogP contribution in [0.1, 0.15) is 0 Å². The fourth-order valence-corrected chi connectivity index (χ4v) is 0. The fourth-order valence-electron chi connectivity index (χ4n) is 0. The molecule has 0 aliphatic rings.